The van der Waals surface area contributed by atoms with E-state index in [-0.39, 0.29) is 11.9 Å². The molecule has 1 radical (unpaired) electrons. The van der Waals surface area contributed by atoms with Gasteiger partial charge in [0.05, 0.1) is 0 Å². The third-order valence-electron chi connectivity index (χ3n) is 2.47. The van der Waals surface area contributed by atoms with Gasteiger partial charge < -0.3 is 4.90 Å². The lowest BCUT2D eigenvalue weighted by Crippen LogP contribution is -2.31. The predicted octanol–water partition coefficient (Wildman–Crippen LogP) is 1.31. The van der Waals surface area contributed by atoms with Crippen LogP contribution in [0.5, 0.6) is 0 Å². The van der Waals surface area contributed by atoms with Crippen molar-refractivity contribution in [3.8, 4) is 0 Å². The van der Waals surface area contributed by atoms with Crippen LogP contribution < -0.4 is 5.32 Å². The largest absolute Gasteiger partial charge is 0.331 e. The third-order valence-corrected chi connectivity index (χ3v) is 2.80. The standard InChI is InChI=1S/C11H11N2OS/c1-8-10(14)12-11(15)13(8)7-9-5-3-2-4-6-9/h2-6,8H,7H2,1H3. The maximum absolute atomic E-state index is 11.3. The van der Waals surface area contributed by atoms with Crippen molar-refractivity contribution in [2.24, 2.45) is 0 Å². The van der Waals surface area contributed by atoms with Crippen LogP contribution >= 0.6 is 12.2 Å². The lowest BCUT2D eigenvalue weighted by molar-refractivity contribution is -0.121. The maximum Gasteiger partial charge on any atom is 0.270 e. The minimum atomic E-state index is -0.224. The number of carbonyl (C=O) groups excluding carboxylic acids is 1. The first kappa shape index (κ1) is 10.1. The summed E-state index contributed by atoms with van der Waals surface area (Å²) in [6.07, 6.45) is 0. The number of benzene rings is 1. The first-order valence-electron chi connectivity index (χ1n) is 4.78. The van der Waals surface area contributed by atoms with E-state index in [9.17, 15) is 4.79 Å². The molecule has 1 aromatic rings. The van der Waals surface area contributed by atoms with Crippen LogP contribution in [-0.4, -0.2) is 22.0 Å². The smallest absolute Gasteiger partial charge is 0.270 e. The highest BCUT2D eigenvalue weighted by molar-refractivity contribution is 7.80. The molecular weight excluding hydrogens is 208 g/mol. The zero-order chi connectivity index (χ0) is 10.8. The number of nitrogens with zero attached hydrogens (tertiary/aromatic N) is 2. The fourth-order valence-electron chi connectivity index (χ4n) is 1.54. The predicted molar refractivity (Wildman–Crippen MR) is 61.2 cm³/mol. The number of carbonyl (C=O) groups is 1. The van der Waals surface area contributed by atoms with Crippen molar-refractivity contribution in [3.05, 3.63) is 35.9 Å². The van der Waals surface area contributed by atoms with E-state index in [2.05, 4.69) is 5.32 Å². The van der Waals surface area contributed by atoms with E-state index in [1.807, 2.05) is 42.2 Å². The van der Waals surface area contributed by atoms with Crippen LogP contribution in [0, 0.1) is 0 Å². The van der Waals surface area contributed by atoms with Crippen molar-refractivity contribution in [3.63, 3.8) is 0 Å². The minimum absolute atomic E-state index is 0.143. The van der Waals surface area contributed by atoms with E-state index in [1.165, 1.54) is 0 Å². The molecule has 1 aliphatic heterocycles. The van der Waals surface area contributed by atoms with Gasteiger partial charge in [-0.3, -0.25) is 4.79 Å². The van der Waals surface area contributed by atoms with Gasteiger partial charge in [-0.05, 0) is 24.7 Å². The molecule has 15 heavy (non-hydrogen) atoms. The molecule has 1 fully saturated rings. The van der Waals surface area contributed by atoms with Gasteiger partial charge in [-0.25, -0.2) is 0 Å². The Kier molecular flexibility index (Phi) is 2.68. The van der Waals surface area contributed by atoms with Crippen LogP contribution in [-0.2, 0) is 11.3 Å². The minimum Gasteiger partial charge on any atom is -0.331 e. The Morgan fingerprint density at radius 2 is 2.07 bits per heavy atom. The summed E-state index contributed by atoms with van der Waals surface area (Å²) in [5.74, 6) is -0.143. The quantitative estimate of drug-likeness (QED) is 0.703. The Balaban J connectivity index is 2.13. The molecule has 1 aromatic carbocycles. The second-order valence-electron chi connectivity index (χ2n) is 3.52. The van der Waals surface area contributed by atoms with E-state index in [1.54, 1.807) is 0 Å². The molecule has 1 heterocycles. The molecule has 1 atom stereocenters. The fourth-order valence-corrected chi connectivity index (χ4v) is 1.85. The number of thiocarbonyl (C=S) groups is 1. The molecule has 0 spiro atoms. The highest BCUT2D eigenvalue weighted by Crippen LogP contribution is 2.14. The summed E-state index contributed by atoms with van der Waals surface area (Å²) in [6.45, 7) is 2.48. The van der Waals surface area contributed by atoms with Crippen LogP contribution in [0.25, 0.3) is 0 Å². The van der Waals surface area contributed by atoms with Gasteiger partial charge in [-0.1, -0.05) is 30.3 Å². The average Bonchev–Trinajstić information content (AvgIpc) is 2.47. The Morgan fingerprint density at radius 1 is 1.40 bits per heavy atom. The van der Waals surface area contributed by atoms with Gasteiger partial charge in [-0.15, -0.1) is 0 Å². The SMILES string of the molecule is CC1C(=O)[N]C(=S)N1Cc1ccccc1. The van der Waals surface area contributed by atoms with Gasteiger partial charge in [-0.2, -0.15) is 5.32 Å². The molecule has 0 aromatic heterocycles. The van der Waals surface area contributed by atoms with E-state index in [0.29, 0.717) is 11.7 Å². The molecule has 0 N–H and O–H groups in total. The maximum atomic E-state index is 11.3. The molecule has 4 heteroatoms. The normalized spacial score (nSPS) is 20.6. The molecule has 1 aliphatic rings. The van der Waals surface area contributed by atoms with Gasteiger partial charge in [0.15, 0.2) is 5.11 Å². The first-order chi connectivity index (χ1) is 7.18. The molecule has 1 unspecified atom stereocenters. The lowest BCUT2D eigenvalue weighted by Gasteiger charge is -2.19. The van der Waals surface area contributed by atoms with Gasteiger partial charge in [0.1, 0.15) is 6.04 Å². The second kappa shape index (κ2) is 3.98. The Bertz CT molecular complexity index is 391. The van der Waals surface area contributed by atoms with Gasteiger partial charge >= 0.3 is 0 Å². The molecule has 3 nitrogen and oxygen atoms in total. The summed E-state index contributed by atoms with van der Waals surface area (Å²) in [4.78, 5) is 13.1. The summed E-state index contributed by atoms with van der Waals surface area (Å²) in [5, 5.41) is 4.17. The highest BCUT2D eigenvalue weighted by Gasteiger charge is 2.33. The Morgan fingerprint density at radius 3 is 2.60 bits per heavy atom. The Hall–Kier alpha value is -1.42. The van der Waals surface area contributed by atoms with Crippen LogP contribution in [0.1, 0.15) is 12.5 Å². The Labute approximate surface area is 94.1 Å². The van der Waals surface area contributed by atoms with Crippen LogP contribution in [0.15, 0.2) is 30.3 Å². The molecule has 0 aliphatic carbocycles. The van der Waals surface area contributed by atoms with Crippen LogP contribution in [0.2, 0.25) is 0 Å². The molecule has 0 saturated carbocycles. The van der Waals surface area contributed by atoms with Gasteiger partial charge in [0, 0.05) is 6.54 Å². The number of hydrogen-bond donors (Lipinski definition) is 0. The molecular formula is C11H11N2OS. The number of amides is 1. The zero-order valence-electron chi connectivity index (χ0n) is 8.38. The van der Waals surface area contributed by atoms with Crippen molar-refractivity contribution >= 4 is 23.2 Å². The topological polar surface area (TPSA) is 34.4 Å². The summed E-state index contributed by atoms with van der Waals surface area (Å²) in [5.41, 5.74) is 1.14. The fraction of sp³-hybridized carbons (Fsp3) is 0.273. The molecule has 0 bridgehead atoms. The second-order valence-corrected chi connectivity index (χ2v) is 3.89. The number of rotatable bonds is 2. The summed E-state index contributed by atoms with van der Waals surface area (Å²) in [6, 6.07) is 9.70. The van der Waals surface area contributed by atoms with Crippen molar-refractivity contribution in [2.75, 3.05) is 0 Å². The van der Waals surface area contributed by atoms with Crippen molar-refractivity contribution in [1.82, 2.24) is 10.2 Å². The van der Waals surface area contributed by atoms with E-state index in [0.717, 1.165) is 5.56 Å². The number of hydrogen-bond acceptors (Lipinski definition) is 2. The molecule has 1 amide bonds. The van der Waals surface area contributed by atoms with Gasteiger partial charge in [0.25, 0.3) is 5.91 Å². The summed E-state index contributed by atoms with van der Waals surface area (Å²) in [7, 11) is 0. The molecule has 2 rings (SSSR count). The highest BCUT2D eigenvalue weighted by atomic mass is 32.1. The third kappa shape index (κ3) is 1.99. The van der Waals surface area contributed by atoms with Crippen molar-refractivity contribution < 1.29 is 4.79 Å². The molecule has 77 valence electrons. The average molecular weight is 219 g/mol. The van der Waals surface area contributed by atoms with Gasteiger partial charge in [0.2, 0.25) is 0 Å². The monoisotopic (exact) mass is 219 g/mol. The van der Waals surface area contributed by atoms with Crippen LogP contribution in [0.4, 0.5) is 0 Å². The lowest BCUT2D eigenvalue weighted by atomic mass is 10.2. The van der Waals surface area contributed by atoms with E-state index >= 15 is 0 Å². The molecule has 1 saturated heterocycles. The van der Waals surface area contributed by atoms with E-state index in [4.69, 9.17) is 12.2 Å². The summed E-state index contributed by atoms with van der Waals surface area (Å²) >= 11 is 5.03. The van der Waals surface area contributed by atoms with Crippen LogP contribution in [0.3, 0.4) is 0 Å². The zero-order valence-corrected chi connectivity index (χ0v) is 9.20. The van der Waals surface area contributed by atoms with E-state index < -0.39 is 0 Å². The first-order valence-corrected chi connectivity index (χ1v) is 5.19. The summed E-state index contributed by atoms with van der Waals surface area (Å²) < 4.78 is 0. The van der Waals surface area contributed by atoms with Crippen molar-refractivity contribution in [2.45, 2.75) is 19.5 Å². The van der Waals surface area contributed by atoms with Crippen molar-refractivity contribution in [1.29, 1.82) is 0 Å².